The van der Waals surface area contributed by atoms with E-state index in [1.165, 1.54) is 6.07 Å². The van der Waals surface area contributed by atoms with E-state index in [2.05, 4.69) is 28.0 Å². The fourth-order valence-corrected chi connectivity index (χ4v) is 8.71. The molecule has 2 saturated heterocycles. The number of aryl methyl sites for hydroxylation is 2. The second-order valence-electron chi connectivity index (χ2n) is 14.6. The molecule has 5 aromatic rings. The fourth-order valence-electron chi connectivity index (χ4n) is 8.71. The zero-order valence-electron chi connectivity index (χ0n) is 32.1. The number of rotatable bonds is 10. The second-order valence-corrected chi connectivity index (χ2v) is 14.6. The molecule has 8 rings (SSSR count). The first-order valence-electron chi connectivity index (χ1n) is 19.5. The maximum absolute atomic E-state index is 17.2. The molecule has 3 N–H and O–H groups in total. The van der Waals surface area contributed by atoms with Gasteiger partial charge in [0.1, 0.15) is 35.2 Å². The van der Waals surface area contributed by atoms with E-state index in [4.69, 9.17) is 40.7 Å². The minimum absolute atomic E-state index is 0.0110. The van der Waals surface area contributed by atoms with Crippen LogP contribution in [0.5, 0.6) is 6.01 Å². The van der Waals surface area contributed by atoms with Crippen LogP contribution < -0.4 is 21.6 Å². The minimum atomic E-state index is -0.718. The van der Waals surface area contributed by atoms with Crippen LogP contribution in [-0.2, 0) is 13.0 Å². The number of fused-ring (bicyclic) bond motifs is 2. The third kappa shape index (κ3) is 7.37. The van der Waals surface area contributed by atoms with Gasteiger partial charge in [-0.05, 0) is 102 Å². The van der Waals surface area contributed by atoms with Crippen molar-refractivity contribution >= 4 is 33.2 Å². The van der Waals surface area contributed by atoms with Crippen molar-refractivity contribution in [3.63, 3.8) is 0 Å². The van der Waals surface area contributed by atoms with Crippen molar-refractivity contribution in [1.29, 1.82) is 0 Å². The topological polar surface area (TPSA) is 136 Å². The van der Waals surface area contributed by atoms with Crippen molar-refractivity contribution < 1.29 is 22.4 Å². The molecule has 2 fully saturated rings. The molecule has 0 radical (unpaired) electrons. The summed E-state index contributed by atoms with van der Waals surface area (Å²) in [5, 5.41) is 5.03. The summed E-state index contributed by atoms with van der Waals surface area (Å²) in [5.41, 5.74) is 7.56. The van der Waals surface area contributed by atoms with Gasteiger partial charge >= 0.3 is 11.8 Å². The highest BCUT2D eigenvalue weighted by molar-refractivity contribution is 6.04. The molecule has 0 saturated carbocycles. The van der Waals surface area contributed by atoms with Crippen LogP contribution in [0.3, 0.4) is 0 Å². The number of halogens is 2. The molecule has 55 heavy (non-hydrogen) atoms. The Hall–Kier alpha value is -5.06. The predicted octanol–water partition coefficient (Wildman–Crippen LogP) is 7.60. The summed E-state index contributed by atoms with van der Waals surface area (Å²) >= 11 is 0. The van der Waals surface area contributed by atoms with E-state index in [0.717, 1.165) is 64.6 Å². The average Bonchev–Trinajstić information content (AvgIpc) is 3.84. The number of hydrogen-bond acceptors (Lipinski definition) is 11. The third-order valence-corrected chi connectivity index (χ3v) is 11.1. The van der Waals surface area contributed by atoms with Crippen LogP contribution in [-0.4, -0.2) is 69.1 Å². The average molecular weight is 754 g/mol. The molecule has 1 unspecified atom stereocenters. The maximum Gasteiger partial charge on any atom is 0.519 e. The van der Waals surface area contributed by atoms with E-state index in [-0.39, 0.29) is 34.4 Å². The fraction of sp³-hybridized carbons (Fsp3) is 0.476. The Morgan fingerprint density at radius 3 is 2.60 bits per heavy atom. The highest BCUT2D eigenvalue weighted by atomic mass is 19.1. The quantitative estimate of drug-likeness (QED) is 0.108. The Morgan fingerprint density at radius 1 is 1.11 bits per heavy atom. The molecular weight excluding hydrogens is 705 g/mol. The first kappa shape index (κ1) is 38.2. The minimum Gasteiger partial charge on any atom is -0.461 e. The molecule has 0 aliphatic carbocycles. The molecule has 1 atom stereocenters. The maximum atomic E-state index is 17.2. The number of nitrogen functional groups attached to an aromatic ring is 1. The Bertz CT molecular complexity index is 2310. The van der Waals surface area contributed by atoms with Gasteiger partial charge in [-0.3, -0.25) is 9.80 Å². The van der Waals surface area contributed by atoms with Gasteiger partial charge in [0.25, 0.3) is 0 Å². The van der Waals surface area contributed by atoms with E-state index in [9.17, 15) is 4.79 Å². The third-order valence-electron chi connectivity index (χ3n) is 11.1. The highest BCUT2D eigenvalue weighted by Gasteiger charge is 2.45. The van der Waals surface area contributed by atoms with Gasteiger partial charge in [0.15, 0.2) is 11.6 Å². The summed E-state index contributed by atoms with van der Waals surface area (Å²) in [6, 6.07) is 6.12. The molecule has 3 aromatic heterocycles. The summed E-state index contributed by atoms with van der Waals surface area (Å²) in [7, 11) is 0. The number of nitrogens with one attached hydrogen (secondary N) is 1. The second kappa shape index (κ2) is 16.0. The van der Waals surface area contributed by atoms with Crippen molar-refractivity contribution in [3.05, 3.63) is 69.3 Å². The van der Waals surface area contributed by atoms with E-state index in [0.29, 0.717) is 76.6 Å². The Balaban J connectivity index is 0.00000229. The van der Waals surface area contributed by atoms with Crippen LogP contribution in [0.1, 0.15) is 88.5 Å². The lowest BCUT2D eigenvalue weighted by Gasteiger charge is -2.32. The van der Waals surface area contributed by atoms with Crippen LogP contribution in [0.2, 0.25) is 0 Å². The van der Waals surface area contributed by atoms with Crippen LogP contribution in [0.4, 0.5) is 20.3 Å². The monoisotopic (exact) mass is 753 g/mol. The summed E-state index contributed by atoms with van der Waals surface area (Å²) in [6.45, 7) is 12.0. The van der Waals surface area contributed by atoms with E-state index in [1.807, 2.05) is 13.8 Å². The van der Waals surface area contributed by atoms with Crippen molar-refractivity contribution in [2.45, 2.75) is 97.2 Å². The molecule has 11 nitrogen and oxygen atoms in total. The van der Waals surface area contributed by atoms with Crippen molar-refractivity contribution in [3.8, 4) is 29.6 Å². The zero-order chi connectivity index (χ0) is 38.9. The number of nitrogens with two attached hydrogens (primary N) is 1. The van der Waals surface area contributed by atoms with Crippen LogP contribution in [0, 0.1) is 30.9 Å². The van der Waals surface area contributed by atoms with Gasteiger partial charge in [-0.1, -0.05) is 32.8 Å². The van der Waals surface area contributed by atoms with Gasteiger partial charge in [-0.2, -0.15) is 9.97 Å². The van der Waals surface area contributed by atoms with Gasteiger partial charge in [-0.25, -0.2) is 18.6 Å². The molecule has 3 aliphatic heterocycles. The number of hydrogen-bond donors (Lipinski definition) is 2. The van der Waals surface area contributed by atoms with Crippen molar-refractivity contribution in [2.24, 2.45) is 0 Å². The highest BCUT2D eigenvalue weighted by Crippen LogP contribution is 2.41. The lowest BCUT2D eigenvalue weighted by atomic mass is 9.94. The summed E-state index contributed by atoms with van der Waals surface area (Å²) < 4.78 is 49.2. The molecule has 3 aliphatic rings. The Kier molecular flexibility index (Phi) is 11.1. The first-order chi connectivity index (χ1) is 26.7. The van der Waals surface area contributed by atoms with Crippen LogP contribution >= 0.6 is 0 Å². The molecule has 0 amide bonds. The van der Waals surface area contributed by atoms with Gasteiger partial charge in [-0.15, -0.1) is 6.42 Å². The molecule has 0 bridgehead atoms. The van der Waals surface area contributed by atoms with Gasteiger partial charge in [0, 0.05) is 29.2 Å². The van der Waals surface area contributed by atoms with Crippen molar-refractivity contribution in [1.82, 2.24) is 24.8 Å². The molecular formula is C42H49F2N7O4. The smallest absolute Gasteiger partial charge is 0.461 e. The Morgan fingerprint density at radius 2 is 1.89 bits per heavy atom. The number of anilines is 2. The largest absolute Gasteiger partial charge is 0.519 e. The van der Waals surface area contributed by atoms with Gasteiger partial charge < -0.3 is 24.6 Å². The lowest BCUT2D eigenvalue weighted by Crippen LogP contribution is -2.43. The first-order valence-corrected chi connectivity index (χ1v) is 19.5. The summed E-state index contributed by atoms with van der Waals surface area (Å²) in [4.78, 5) is 31.0. The predicted molar refractivity (Wildman–Crippen MR) is 210 cm³/mol. The standard InChI is InChI=1S/C40H43F2N7O4.C2H6/c1-4-15-48(21-31-23(3)52-39(50)53-31)20-26-9-6-10-30-33-36(46-38(47-37(33)44-26)51-22-40-13-7-16-49(40)17-8-14-40)34(42)35(45-30)28-19-25(43)18-24-11-12-29(41)27(5-2)32(24)28;1-2/h2,11-12,18-19,26H,4,6-10,13-17,20-22,43H2,1,3H3,(H,44,46,47);1-2H3. The molecule has 290 valence electrons. The molecule has 0 spiro atoms. The number of aromatic nitrogens is 3. The Labute approximate surface area is 319 Å². The number of ether oxygens (including phenoxy) is 1. The lowest BCUT2D eigenvalue weighted by molar-refractivity contribution is 0.108. The number of benzene rings is 2. The normalized spacial score (nSPS) is 17.7. The molecule has 13 heteroatoms. The van der Waals surface area contributed by atoms with E-state index < -0.39 is 17.5 Å². The zero-order valence-corrected chi connectivity index (χ0v) is 32.1. The van der Waals surface area contributed by atoms with Crippen LogP contribution in [0.15, 0.2) is 37.9 Å². The van der Waals surface area contributed by atoms with Gasteiger partial charge in [0.05, 0.1) is 28.7 Å². The SMILES string of the molecule is C#Cc1c(F)ccc2cc(N)cc(-c3nc4c5c(nc(OCC67CCCN6CCC7)nc5c3F)NC(CN(CCC)Cc3oc(=O)oc3C)CCC4)c12.CC. The van der Waals surface area contributed by atoms with Crippen LogP contribution in [0.25, 0.3) is 32.9 Å². The van der Waals surface area contributed by atoms with E-state index in [1.54, 1.807) is 25.1 Å². The molecule has 2 aromatic carbocycles. The summed E-state index contributed by atoms with van der Waals surface area (Å²) in [5.74, 6) is 1.83. The van der Waals surface area contributed by atoms with E-state index >= 15 is 8.78 Å². The number of pyridine rings is 1. The number of nitrogens with zero attached hydrogens (tertiary/aromatic N) is 5. The van der Waals surface area contributed by atoms with Gasteiger partial charge in [0.2, 0.25) is 0 Å². The van der Waals surface area contributed by atoms with Crippen molar-refractivity contribution in [2.75, 3.05) is 43.8 Å². The molecule has 6 heterocycles. The summed E-state index contributed by atoms with van der Waals surface area (Å²) in [6.07, 6.45) is 12.9. The number of terminal acetylenes is 1.